The molecule has 2 N–H and O–H groups in total. The first kappa shape index (κ1) is 31.3. The summed E-state index contributed by atoms with van der Waals surface area (Å²) in [5.74, 6) is -1.60. The highest BCUT2D eigenvalue weighted by Crippen LogP contribution is 2.17. The number of benzene rings is 2. The summed E-state index contributed by atoms with van der Waals surface area (Å²) < 4.78 is 0. The van der Waals surface area contributed by atoms with Crippen LogP contribution < -0.4 is 5.32 Å². The SMILES string of the molecule is CCCCCCCCCCCCCCC(CC(=O)O)C(=O)NCCc1ccc(C(=O)c2ccccc2)cc1. The maximum absolute atomic E-state index is 12.7. The van der Waals surface area contributed by atoms with Gasteiger partial charge in [0.15, 0.2) is 5.78 Å². The number of carboxylic acids is 1. The van der Waals surface area contributed by atoms with E-state index >= 15 is 0 Å². The van der Waals surface area contributed by atoms with E-state index < -0.39 is 11.9 Å². The summed E-state index contributed by atoms with van der Waals surface area (Å²) in [6, 6.07) is 16.6. The first-order chi connectivity index (χ1) is 18.5. The van der Waals surface area contributed by atoms with Crippen molar-refractivity contribution in [2.24, 2.45) is 5.92 Å². The quantitative estimate of drug-likeness (QED) is 0.130. The highest BCUT2D eigenvalue weighted by Gasteiger charge is 2.21. The molecule has 38 heavy (non-hydrogen) atoms. The first-order valence-electron chi connectivity index (χ1n) is 14.7. The van der Waals surface area contributed by atoms with E-state index in [2.05, 4.69) is 12.2 Å². The number of carboxylic acid groups (broad SMARTS) is 1. The monoisotopic (exact) mass is 521 g/mol. The normalized spacial score (nSPS) is 11.7. The topological polar surface area (TPSA) is 83.5 Å². The van der Waals surface area contributed by atoms with Crippen LogP contribution in [-0.4, -0.2) is 29.3 Å². The van der Waals surface area contributed by atoms with Crippen molar-refractivity contribution in [1.82, 2.24) is 5.32 Å². The molecule has 0 heterocycles. The average molecular weight is 522 g/mol. The second kappa shape index (κ2) is 19.2. The van der Waals surface area contributed by atoms with Crippen molar-refractivity contribution >= 4 is 17.7 Å². The lowest BCUT2D eigenvalue weighted by atomic mass is 9.96. The summed E-state index contributed by atoms with van der Waals surface area (Å²) in [6.07, 6.45) is 16.1. The van der Waals surface area contributed by atoms with E-state index in [0.29, 0.717) is 30.5 Å². The number of hydrogen-bond donors (Lipinski definition) is 2. The lowest BCUT2D eigenvalue weighted by Crippen LogP contribution is -2.33. The van der Waals surface area contributed by atoms with Crippen molar-refractivity contribution in [3.63, 3.8) is 0 Å². The molecular formula is C33H47NO4. The van der Waals surface area contributed by atoms with Crippen LogP contribution in [0.25, 0.3) is 0 Å². The fraction of sp³-hybridized carbons (Fsp3) is 0.545. The van der Waals surface area contributed by atoms with Gasteiger partial charge < -0.3 is 10.4 Å². The van der Waals surface area contributed by atoms with Crippen molar-refractivity contribution in [2.75, 3.05) is 6.54 Å². The van der Waals surface area contributed by atoms with Gasteiger partial charge in [0.1, 0.15) is 0 Å². The molecule has 0 saturated heterocycles. The van der Waals surface area contributed by atoms with Gasteiger partial charge in [-0.2, -0.15) is 0 Å². The molecule has 208 valence electrons. The van der Waals surface area contributed by atoms with E-state index in [9.17, 15) is 19.5 Å². The Morgan fingerprint density at radius 2 is 1.24 bits per heavy atom. The van der Waals surface area contributed by atoms with E-state index in [-0.39, 0.29) is 18.1 Å². The lowest BCUT2D eigenvalue weighted by molar-refractivity contribution is -0.141. The summed E-state index contributed by atoms with van der Waals surface area (Å²) >= 11 is 0. The van der Waals surface area contributed by atoms with Crippen molar-refractivity contribution in [2.45, 2.75) is 103 Å². The summed E-state index contributed by atoms with van der Waals surface area (Å²) in [7, 11) is 0. The number of unbranched alkanes of at least 4 members (excludes halogenated alkanes) is 11. The molecule has 5 heteroatoms. The van der Waals surface area contributed by atoms with Gasteiger partial charge in [-0.05, 0) is 18.4 Å². The van der Waals surface area contributed by atoms with Gasteiger partial charge in [0.25, 0.3) is 0 Å². The van der Waals surface area contributed by atoms with Crippen LogP contribution in [0.5, 0.6) is 0 Å². The summed E-state index contributed by atoms with van der Waals surface area (Å²) in [4.78, 5) is 36.5. The molecule has 0 fully saturated rings. The third-order valence-electron chi connectivity index (χ3n) is 7.16. The van der Waals surface area contributed by atoms with Crippen LogP contribution in [0, 0.1) is 5.92 Å². The molecule has 0 aliphatic carbocycles. The van der Waals surface area contributed by atoms with Gasteiger partial charge in [-0.1, -0.05) is 139 Å². The van der Waals surface area contributed by atoms with Crippen LogP contribution in [0.4, 0.5) is 0 Å². The molecular weight excluding hydrogens is 474 g/mol. The molecule has 2 aromatic rings. The fourth-order valence-corrected chi connectivity index (χ4v) is 4.82. The maximum Gasteiger partial charge on any atom is 0.304 e. The Morgan fingerprint density at radius 1 is 0.711 bits per heavy atom. The number of ketones is 1. The second-order valence-electron chi connectivity index (χ2n) is 10.4. The van der Waals surface area contributed by atoms with Crippen LogP contribution in [0.2, 0.25) is 0 Å². The summed E-state index contributed by atoms with van der Waals surface area (Å²) in [6.45, 7) is 2.69. The Bertz CT molecular complexity index is 939. The van der Waals surface area contributed by atoms with E-state index in [1.165, 1.54) is 57.8 Å². The zero-order valence-electron chi connectivity index (χ0n) is 23.3. The zero-order valence-corrected chi connectivity index (χ0v) is 23.3. The molecule has 0 saturated carbocycles. The van der Waals surface area contributed by atoms with Crippen LogP contribution in [0.3, 0.4) is 0 Å². The predicted molar refractivity (Wildman–Crippen MR) is 154 cm³/mol. The highest BCUT2D eigenvalue weighted by atomic mass is 16.4. The summed E-state index contributed by atoms with van der Waals surface area (Å²) in [5.41, 5.74) is 2.31. The minimum atomic E-state index is -0.928. The van der Waals surface area contributed by atoms with Gasteiger partial charge >= 0.3 is 5.97 Å². The number of amides is 1. The molecule has 1 atom stereocenters. The molecule has 0 spiro atoms. The van der Waals surface area contributed by atoms with E-state index in [1.54, 1.807) is 12.1 Å². The maximum atomic E-state index is 12.7. The smallest absolute Gasteiger partial charge is 0.304 e. The lowest BCUT2D eigenvalue weighted by Gasteiger charge is -2.15. The van der Waals surface area contributed by atoms with Crippen LogP contribution >= 0.6 is 0 Å². The first-order valence-corrected chi connectivity index (χ1v) is 14.7. The molecule has 1 amide bonds. The van der Waals surface area contributed by atoms with E-state index in [0.717, 1.165) is 24.8 Å². The predicted octanol–water partition coefficient (Wildman–Crippen LogP) is 7.76. The molecule has 2 aromatic carbocycles. The molecule has 2 rings (SSSR count). The molecule has 0 aliphatic rings. The average Bonchev–Trinajstić information content (AvgIpc) is 2.93. The number of carbonyl (C=O) groups is 3. The van der Waals surface area contributed by atoms with E-state index in [4.69, 9.17) is 0 Å². The summed E-state index contributed by atoms with van der Waals surface area (Å²) in [5, 5.41) is 12.2. The van der Waals surface area contributed by atoms with Gasteiger partial charge in [-0.3, -0.25) is 14.4 Å². The van der Waals surface area contributed by atoms with Crippen molar-refractivity contribution in [3.8, 4) is 0 Å². The third kappa shape index (κ3) is 13.0. The van der Waals surface area contributed by atoms with Crippen LogP contribution in [0.1, 0.15) is 118 Å². The fourth-order valence-electron chi connectivity index (χ4n) is 4.82. The van der Waals surface area contributed by atoms with Crippen LogP contribution in [-0.2, 0) is 16.0 Å². The molecule has 5 nitrogen and oxygen atoms in total. The second-order valence-corrected chi connectivity index (χ2v) is 10.4. The Labute approximate surface area is 229 Å². The molecule has 0 aliphatic heterocycles. The largest absolute Gasteiger partial charge is 0.481 e. The van der Waals surface area contributed by atoms with Gasteiger partial charge in [-0.15, -0.1) is 0 Å². The minimum Gasteiger partial charge on any atom is -0.481 e. The number of nitrogens with one attached hydrogen (secondary N) is 1. The van der Waals surface area contributed by atoms with Gasteiger partial charge in [0, 0.05) is 23.6 Å². The molecule has 1 unspecified atom stereocenters. The van der Waals surface area contributed by atoms with E-state index in [1.807, 2.05) is 42.5 Å². The van der Waals surface area contributed by atoms with Gasteiger partial charge in [-0.25, -0.2) is 0 Å². The van der Waals surface area contributed by atoms with Crippen molar-refractivity contribution < 1.29 is 19.5 Å². The standard InChI is InChI=1S/C33H47NO4/c1-2-3-4-5-6-7-8-9-10-11-12-14-19-30(26-31(35)36)33(38)34-25-24-27-20-22-29(23-21-27)32(37)28-17-15-13-16-18-28/h13,15-18,20-23,30H,2-12,14,19,24-26H2,1H3,(H,34,38)(H,35,36). The Kier molecular flexibility index (Phi) is 15.8. The molecule has 0 bridgehead atoms. The molecule has 0 radical (unpaired) electrons. The van der Waals surface area contributed by atoms with Crippen molar-refractivity contribution in [1.29, 1.82) is 0 Å². The minimum absolute atomic E-state index is 0.0141. The number of carbonyl (C=O) groups excluding carboxylic acids is 2. The number of aliphatic carboxylic acids is 1. The third-order valence-corrected chi connectivity index (χ3v) is 7.16. The Hall–Kier alpha value is -2.95. The highest BCUT2D eigenvalue weighted by molar-refractivity contribution is 6.08. The molecule has 0 aromatic heterocycles. The van der Waals surface area contributed by atoms with Crippen molar-refractivity contribution in [3.05, 3.63) is 71.3 Å². The zero-order chi connectivity index (χ0) is 27.4. The Balaban J connectivity index is 1.63. The van der Waals surface area contributed by atoms with Gasteiger partial charge in [0.2, 0.25) is 5.91 Å². The van der Waals surface area contributed by atoms with Crippen LogP contribution in [0.15, 0.2) is 54.6 Å². The van der Waals surface area contributed by atoms with Gasteiger partial charge in [0.05, 0.1) is 6.42 Å². The number of rotatable bonds is 21. The number of hydrogen-bond acceptors (Lipinski definition) is 3. The Morgan fingerprint density at radius 3 is 1.79 bits per heavy atom.